The van der Waals surface area contributed by atoms with Crippen molar-refractivity contribution < 1.29 is 8.42 Å². The van der Waals surface area contributed by atoms with Gasteiger partial charge < -0.3 is 5.32 Å². The zero-order valence-corrected chi connectivity index (χ0v) is 13.7. The van der Waals surface area contributed by atoms with Crippen molar-refractivity contribution in [3.63, 3.8) is 0 Å². The first-order chi connectivity index (χ1) is 10.1. The number of anilines is 1. The van der Waals surface area contributed by atoms with E-state index in [-0.39, 0.29) is 10.9 Å². The van der Waals surface area contributed by atoms with E-state index in [1.807, 2.05) is 0 Å². The molecule has 21 heavy (non-hydrogen) atoms. The van der Waals surface area contributed by atoms with E-state index in [4.69, 9.17) is 0 Å². The summed E-state index contributed by atoms with van der Waals surface area (Å²) in [5.74, 6) is 0.719. The van der Waals surface area contributed by atoms with Gasteiger partial charge in [-0.1, -0.05) is 26.2 Å². The Kier molecular flexibility index (Phi) is 5.58. The van der Waals surface area contributed by atoms with Gasteiger partial charge in [-0.05, 0) is 31.4 Å². The van der Waals surface area contributed by atoms with Crippen molar-refractivity contribution >= 4 is 15.8 Å². The molecule has 0 saturated heterocycles. The van der Waals surface area contributed by atoms with Gasteiger partial charge in [0.1, 0.15) is 10.7 Å². The molecule has 0 bridgehead atoms. The number of sulfonamides is 1. The Bertz CT molecular complexity index is 537. The molecule has 2 rings (SSSR count). The maximum Gasteiger partial charge on any atom is 0.244 e. The van der Waals surface area contributed by atoms with Gasteiger partial charge >= 0.3 is 0 Å². The summed E-state index contributed by atoms with van der Waals surface area (Å²) in [7, 11) is -1.74. The second-order valence-corrected chi connectivity index (χ2v) is 7.62. The van der Waals surface area contributed by atoms with E-state index in [9.17, 15) is 8.42 Å². The van der Waals surface area contributed by atoms with Gasteiger partial charge in [0, 0.05) is 25.8 Å². The molecule has 1 saturated carbocycles. The Labute approximate surface area is 127 Å². The lowest BCUT2D eigenvalue weighted by Gasteiger charge is -2.30. The van der Waals surface area contributed by atoms with Crippen LogP contribution in [-0.2, 0) is 10.0 Å². The molecule has 1 aromatic rings. The minimum Gasteiger partial charge on any atom is -0.370 e. The number of nitrogens with one attached hydrogen (secondary N) is 1. The summed E-state index contributed by atoms with van der Waals surface area (Å²) in [6.45, 7) is 2.91. The highest BCUT2D eigenvalue weighted by atomic mass is 32.2. The summed E-state index contributed by atoms with van der Waals surface area (Å²) in [6.07, 6.45) is 7.81. The van der Waals surface area contributed by atoms with Crippen LogP contribution in [0.1, 0.15) is 45.4 Å². The van der Waals surface area contributed by atoms with Crippen LogP contribution in [0, 0.1) is 0 Å². The molecular formula is C15H25N3O2S. The van der Waals surface area contributed by atoms with Crippen LogP contribution in [0.2, 0.25) is 0 Å². The van der Waals surface area contributed by atoms with Gasteiger partial charge in [0.2, 0.25) is 10.0 Å². The monoisotopic (exact) mass is 311 g/mol. The van der Waals surface area contributed by atoms with Crippen molar-refractivity contribution in [1.82, 2.24) is 9.29 Å². The van der Waals surface area contributed by atoms with Crippen LogP contribution < -0.4 is 5.32 Å². The van der Waals surface area contributed by atoms with Crippen molar-refractivity contribution in [3.05, 3.63) is 18.3 Å². The van der Waals surface area contributed by atoms with Crippen LogP contribution in [0.15, 0.2) is 23.2 Å². The molecule has 1 fully saturated rings. The number of rotatable bonds is 6. The van der Waals surface area contributed by atoms with Crippen LogP contribution in [0.25, 0.3) is 0 Å². The second-order valence-electron chi connectivity index (χ2n) is 5.62. The second kappa shape index (κ2) is 7.22. The lowest BCUT2D eigenvalue weighted by Crippen LogP contribution is -2.38. The Morgan fingerprint density at radius 1 is 1.29 bits per heavy atom. The molecular weight excluding hydrogens is 286 g/mol. The largest absolute Gasteiger partial charge is 0.370 e. The van der Waals surface area contributed by atoms with Gasteiger partial charge in [-0.2, -0.15) is 4.31 Å². The average Bonchev–Trinajstić information content (AvgIpc) is 2.53. The van der Waals surface area contributed by atoms with Gasteiger partial charge in [0.05, 0.1) is 0 Å². The summed E-state index contributed by atoms with van der Waals surface area (Å²) >= 11 is 0. The molecule has 6 heteroatoms. The van der Waals surface area contributed by atoms with Crippen molar-refractivity contribution in [2.45, 2.75) is 56.4 Å². The van der Waals surface area contributed by atoms with E-state index in [0.29, 0.717) is 0 Å². The molecule has 5 nitrogen and oxygen atoms in total. The minimum atomic E-state index is -3.43. The maximum absolute atomic E-state index is 12.6. The lowest BCUT2D eigenvalue weighted by molar-refractivity contribution is 0.286. The van der Waals surface area contributed by atoms with E-state index < -0.39 is 10.0 Å². The summed E-state index contributed by atoms with van der Waals surface area (Å²) < 4.78 is 26.8. The summed E-state index contributed by atoms with van der Waals surface area (Å²) in [5, 5.41) is 3.15. The first kappa shape index (κ1) is 16.2. The number of nitrogens with zero attached hydrogens (tertiary/aromatic N) is 2. The highest BCUT2D eigenvalue weighted by molar-refractivity contribution is 7.89. The molecule has 1 aromatic heterocycles. The van der Waals surface area contributed by atoms with Gasteiger partial charge in [-0.15, -0.1) is 0 Å². The zero-order valence-electron chi connectivity index (χ0n) is 12.9. The van der Waals surface area contributed by atoms with Crippen molar-refractivity contribution in [1.29, 1.82) is 0 Å². The number of hydrogen-bond acceptors (Lipinski definition) is 4. The standard InChI is InChI=1S/C15H25N3O2S/c1-3-11-16-15-10-9-14(12-17-15)21(19,20)18(2)13-7-5-4-6-8-13/h9-10,12-13H,3-8,11H2,1-2H3,(H,16,17). The molecule has 0 atom stereocenters. The quantitative estimate of drug-likeness (QED) is 0.877. The Morgan fingerprint density at radius 2 is 2.00 bits per heavy atom. The van der Waals surface area contributed by atoms with Gasteiger partial charge in [-0.3, -0.25) is 0 Å². The number of pyridine rings is 1. The fourth-order valence-electron chi connectivity index (χ4n) is 2.70. The molecule has 0 aliphatic heterocycles. The summed E-state index contributed by atoms with van der Waals surface area (Å²) in [4.78, 5) is 4.47. The smallest absolute Gasteiger partial charge is 0.244 e. The highest BCUT2D eigenvalue weighted by Gasteiger charge is 2.29. The highest BCUT2D eigenvalue weighted by Crippen LogP contribution is 2.26. The maximum atomic E-state index is 12.6. The fourth-order valence-corrected chi connectivity index (χ4v) is 4.06. The van der Waals surface area contributed by atoms with E-state index in [1.165, 1.54) is 16.9 Å². The van der Waals surface area contributed by atoms with Crippen LogP contribution in [0.5, 0.6) is 0 Å². The third kappa shape index (κ3) is 3.95. The minimum absolute atomic E-state index is 0.127. The normalized spacial score (nSPS) is 17.1. The number of aromatic nitrogens is 1. The Hall–Kier alpha value is -1.14. The van der Waals surface area contributed by atoms with Crippen LogP contribution in [0.3, 0.4) is 0 Å². The fraction of sp³-hybridized carbons (Fsp3) is 0.667. The predicted octanol–water partition coefficient (Wildman–Crippen LogP) is 2.86. The first-order valence-electron chi connectivity index (χ1n) is 7.73. The molecule has 0 radical (unpaired) electrons. The molecule has 1 aliphatic rings. The third-order valence-electron chi connectivity index (χ3n) is 4.06. The Balaban J connectivity index is 2.10. The predicted molar refractivity (Wildman–Crippen MR) is 84.8 cm³/mol. The molecule has 0 unspecified atom stereocenters. The van der Waals surface area contributed by atoms with Crippen LogP contribution >= 0.6 is 0 Å². The van der Waals surface area contributed by atoms with E-state index in [2.05, 4.69) is 17.2 Å². The molecule has 1 aliphatic carbocycles. The molecule has 0 amide bonds. The summed E-state index contributed by atoms with van der Waals surface area (Å²) in [6, 6.07) is 3.50. The molecule has 118 valence electrons. The lowest BCUT2D eigenvalue weighted by atomic mass is 9.96. The van der Waals surface area contributed by atoms with Crippen molar-refractivity contribution in [3.8, 4) is 0 Å². The van der Waals surface area contributed by atoms with Crippen LogP contribution in [0.4, 0.5) is 5.82 Å². The van der Waals surface area contributed by atoms with Crippen molar-refractivity contribution in [2.75, 3.05) is 18.9 Å². The van der Waals surface area contributed by atoms with Crippen molar-refractivity contribution in [2.24, 2.45) is 0 Å². The molecule has 1 heterocycles. The van der Waals surface area contributed by atoms with Gasteiger partial charge in [0.15, 0.2) is 0 Å². The molecule has 0 spiro atoms. The SMILES string of the molecule is CCCNc1ccc(S(=O)(=O)N(C)C2CCCCC2)cn1. The Morgan fingerprint density at radius 3 is 2.57 bits per heavy atom. The van der Waals surface area contributed by atoms with E-state index in [0.717, 1.165) is 44.5 Å². The number of hydrogen-bond donors (Lipinski definition) is 1. The van der Waals surface area contributed by atoms with E-state index in [1.54, 1.807) is 19.2 Å². The average molecular weight is 311 g/mol. The zero-order chi connectivity index (χ0) is 15.3. The van der Waals surface area contributed by atoms with Gasteiger partial charge in [0.25, 0.3) is 0 Å². The topological polar surface area (TPSA) is 62.3 Å². The van der Waals surface area contributed by atoms with Gasteiger partial charge in [-0.25, -0.2) is 13.4 Å². The third-order valence-corrected chi connectivity index (χ3v) is 5.95. The first-order valence-corrected chi connectivity index (χ1v) is 9.17. The molecule has 0 aromatic carbocycles. The van der Waals surface area contributed by atoms with Crippen LogP contribution in [-0.4, -0.2) is 37.3 Å². The summed E-state index contributed by atoms with van der Waals surface area (Å²) in [5.41, 5.74) is 0. The molecule has 1 N–H and O–H groups in total. The van der Waals surface area contributed by atoms with E-state index >= 15 is 0 Å².